The highest BCUT2D eigenvalue weighted by Gasteiger charge is 2.09. The summed E-state index contributed by atoms with van der Waals surface area (Å²) < 4.78 is 0. The van der Waals surface area contributed by atoms with E-state index in [0.29, 0.717) is 21.9 Å². The first kappa shape index (κ1) is 7.52. The van der Waals surface area contributed by atoms with Crippen molar-refractivity contribution in [2.24, 2.45) is 5.16 Å². The third-order valence-electron chi connectivity index (χ3n) is 1.36. The van der Waals surface area contributed by atoms with E-state index in [2.05, 4.69) is 15.5 Å². The van der Waals surface area contributed by atoms with Gasteiger partial charge < -0.3 is 10.4 Å². The maximum atomic E-state index is 8.89. The zero-order chi connectivity index (χ0) is 8.43. The Balaban J connectivity index is 3.15. The first-order valence-corrected chi connectivity index (χ1v) is 2.97. The van der Waals surface area contributed by atoms with Gasteiger partial charge in [-0.05, 0) is 19.1 Å². The lowest BCUT2D eigenvalue weighted by Crippen LogP contribution is -2.00. The van der Waals surface area contributed by atoms with E-state index in [0.717, 1.165) is 0 Å². The van der Waals surface area contributed by atoms with Crippen LogP contribution in [0, 0.1) is 6.92 Å². The van der Waals surface area contributed by atoms with Crippen LogP contribution in [0.5, 0.6) is 0 Å². The summed E-state index contributed by atoms with van der Waals surface area (Å²) in [4.78, 5) is 0.629. The van der Waals surface area contributed by atoms with Crippen molar-refractivity contribution in [3.8, 4) is 0 Å². The quantitative estimate of drug-likeness (QED) is 0.260. The van der Waals surface area contributed by atoms with Crippen LogP contribution in [-0.2, 0) is 0 Å². The van der Waals surface area contributed by atoms with Crippen molar-refractivity contribution in [3.05, 3.63) is 11.4 Å². The molecule has 6 heteroatoms. The molecule has 0 radical (unpaired) electrons. The number of oxime groups is 1. The predicted octanol–water partition coefficient (Wildman–Crippen LogP) is 0.0220. The Bertz CT molecular complexity index is 291. The lowest BCUT2D eigenvalue weighted by molar-refractivity contribution is 0.137. The summed E-state index contributed by atoms with van der Waals surface area (Å²) in [5.41, 5.74) is 1.15. The molecular formula is C5H8N4O2. The highest BCUT2D eigenvalue weighted by molar-refractivity contribution is 5.97. The van der Waals surface area contributed by atoms with Gasteiger partial charge in [-0.25, -0.2) is 0 Å². The van der Waals surface area contributed by atoms with Crippen LogP contribution in [0.2, 0.25) is 0 Å². The Labute approximate surface area is 62.7 Å². The van der Waals surface area contributed by atoms with E-state index in [-0.39, 0.29) is 0 Å². The van der Waals surface area contributed by atoms with Gasteiger partial charge in [-0.3, -0.25) is 0 Å². The first-order valence-electron chi connectivity index (χ1n) is 2.97. The molecule has 1 heterocycles. The SMILES string of the molecule is C/C(=N\O)c1nnn(O)c1C. The standard InChI is InChI=1S/C5H8N4O2/c1-3(7-10)5-4(2)9(11)8-6-5/h10-11H,1-2H3/b7-3+. The Kier molecular flexibility index (Phi) is 1.75. The molecule has 0 unspecified atom stereocenters. The molecule has 0 saturated heterocycles. The minimum Gasteiger partial charge on any atom is -0.411 e. The van der Waals surface area contributed by atoms with Crippen LogP contribution in [0.1, 0.15) is 18.3 Å². The second-order valence-electron chi connectivity index (χ2n) is 2.10. The summed E-state index contributed by atoms with van der Waals surface area (Å²) >= 11 is 0. The zero-order valence-electron chi connectivity index (χ0n) is 6.18. The maximum absolute atomic E-state index is 8.89. The molecule has 0 aliphatic heterocycles. The Morgan fingerprint density at radius 1 is 1.64 bits per heavy atom. The van der Waals surface area contributed by atoms with Crippen LogP contribution >= 0.6 is 0 Å². The molecule has 0 fully saturated rings. The fourth-order valence-corrected chi connectivity index (χ4v) is 0.703. The van der Waals surface area contributed by atoms with E-state index >= 15 is 0 Å². The van der Waals surface area contributed by atoms with Gasteiger partial charge in [-0.15, -0.1) is 5.10 Å². The summed E-state index contributed by atoms with van der Waals surface area (Å²) in [5.74, 6) is 0. The van der Waals surface area contributed by atoms with Crippen molar-refractivity contribution in [1.29, 1.82) is 0 Å². The predicted molar refractivity (Wildman–Crippen MR) is 35.9 cm³/mol. The van der Waals surface area contributed by atoms with Crippen LogP contribution in [0.25, 0.3) is 0 Å². The normalized spacial score (nSPS) is 12.0. The molecule has 60 valence electrons. The van der Waals surface area contributed by atoms with Gasteiger partial charge in [0.15, 0.2) is 0 Å². The molecule has 0 aromatic carbocycles. The number of aromatic nitrogens is 3. The lowest BCUT2D eigenvalue weighted by atomic mass is 10.2. The van der Waals surface area contributed by atoms with Gasteiger partial charge in [-0.1, -0.05) is 10.0 Å². The molecule has 0 aliphatic carbocycles. The van der Waals surface area contributed by atoms with E-state index in [1.54, 1.807) is 13.8 Å². The van der Waals surface area contributed by atoms with Crippen molar-refractivity contribution >= 4 is 5.71 Å². The first-order chi connectivity index (χ1) is 5.16. The Morgan fingerprint density at radius 3 is 2.64 bits per heavy atom. The fourth-order valence-electron chi connectivity index (χ4n) is 0.703. The van der Waals surface area contributed by atoms with Crippen LogP contribution < -0.4 is 0 Å². The monoisotopic (exact) mass is 156 g/mol. The molecule has 0 aliphatic rings. The summed E-state index contributed by atoms with van der Waals surface area (Å²) in [5, 5.41) is 27.0. The molecule has 0 bridgehead atoms. The number of rotatable bonds is 1. The van der Waals surface area contributed by atoms with Crippen molar-refractivity contribution in [1.82, 2.24) is 15.2 Å². The van der Waals surface area contributed by atoms with Crippen molar-refractivity contribution in [3.63, 3.8) is 0 Å². The summed E-state index contributed by atoms with van der Waals surface area (Å²) in [6.45, 7) is 3.18. The minimum atomic E-state index is 0.322. The highest BCUT2D eigenvalue weighted by atomic mass is 16.5. The van der Waals surface area contributed by atoms with Gasteiger partial charge in [0.25, 0.3) is 0 Å². The van der Waals surface area contributed by atoms with Crippen LogP contribution in [-0.4, -0.2) is 31.3 Å². The van der Waals surface area contributed by atoms with Crippen LogP contribution in [0.15, 0.2) is 5.16 Å². The van der Waals surface area contributed by atoms with E-state index in [1.165, 1.54) is 0 Å². The van der Waals surface area contributed by atoms with Gasteiger partial charge in [0.05, 0.1) is 0 Å². The maximum Gasteiger partial charge on any atom is 0.137 e. The lowest BCUT2D eigenvalue weighted by Gasteiger charge is -1.92. The second kappa shape index (κ2) is 2.57. The second-order valence-corrected chi connectivity index (χ2v) is 2.10. The van der Waals surface area contributed by atoms with E-state index in [1.807, 2.05) is 0 Å². The topological polar surface area (TPSA) is 83.5 Å². The Hall–Kier alpha value is -1.59. The Morgan fingerprint density at radius 2 is 2.27 bits per heavy atom. The molecular weight excluding hydrogens is 148 g/mol. The van der Waals surface area contributed by atoms with Gasteiger partial charge in [0.2, 0.25) is 0 Å². The van der Waals surface area contributed by atoms with E-state index < -0.39 is 0 Å². The average Bonchev–Trinajstić information content (AvgIpc) is 2.32. The number of hydrogen-bond acceptors (Lipinski definition) is 5. The molecule has 0 spiro atoms. The molecule has 0 saturated carbocycles. The number of hydrogen-bond donors (Lipinski definition) is 2. The molecule has 1 aromatic heterocycles. The van der Waals surface area contributed by atoms with Crippen LogP contribution in [0.4, 0.5) is 0 Å². The molecule has 2 N–H and O–H groups in total. The highest BCUT2D eigenvalue weighted by Crippen LogP contribution is 2.02. The fraction of sp³-hybridized carbons (Fsp3) is 0.400. The number of nitrogens with zero attached hydrogens (tertiary/aromatic N) is 4. The summed E-state index contributed by atoms with van der Waals surface area (Å²) in [6.07, 6.45) is 0. The average molecular weight is 156 g/mol. The smallest absolute Gasteiger partial charge is 0.137 e. The van der Waals surface area contributed by atoms with E-state index in [4.69, 9.17) is 10.4 Å². The van der Waals surface area contributed by atoms with Crippen molar-refractivity contribution in [2.75, 3.05) is 0 Å². The molecule has 0 amide bonds. The van der Waals surface area contributed by atoms with Gasteiger partial charge in [-0.2, -0.15) is 0 Å². The van der Waals surface area contributed by atoms with Gasteiger partial charge in [0.1, 0.15) is 17.1 Å². The molecule has 1 rings (SSSR count). The van der Waals surface area contributed by atoms with Gasteiger partial charge in [0, 0.05) is 0 Å². The van der Waals surface area contributed by atoms with E-state index in [9.17, 15) is 0 Å². The summed E-state index contributed by atoms with van der Waals surface area (Å²) in [6, 6.07) is 0. The third-order valence-corrected chi connectivity index (χ3v) is 1.36. The third kappa shape index (κ3) is 1.14. The molecule has 0 atom stereocenters. The zero-order valence-corrected chi connectivity index (χ0v) is 6.18. The van der Waals surface area contributed by atoms with Gasteiger partial charge >= 0.3 is 0 Å². The largest absolute Gasteiger partial charge is 0.411 e. The molecule has 11 heavy (non-hydrogen) atoms. The molecule has 1 aromatic rings. The molecule has 6 nitrogen and oxygen atoms in total. The minimum absolute atomic E-state index is 0.322. The van der Waals surface area contributed by atoms with Crippen molar-refractivity contribution < 1.29 is 10.4 Å². The van der Waals surface area contributed by atoms with Crippen LogP contribution in [0.3, 0.4) is 0 Å². The van der Waals surface area contributed by atoms with Crippen molar-refractivity contribution in [2.45, 2.75) is 13.8 Å². The summed E-state index contributed by atoms with van der Waals surface area (Å²) in [7, 11) is 0.